The van der Waals surface area contributed by atoms with E-state index in [2.05, 4.69) is 17.1 Å². The van der Waals surface area contributed by atoms with Crippen molar-refractivity contribution in [1.82, 2.24) is 10.2 Å². The summed E-state index contributed by atoms with van der Waals surface area (Å²) in [6.07, 6.45) is 2.49. The number of aryl methyl sites for hydroxylation is 1. The van der Waals surface area contributed by atoms with Crippen LogP contribution in [0.25, 0.3) is 0 Å². The molecule has 20 heavy (non-hydrogen) atoms. The van der Waals surface area contributed by atoms with E-state index in [1.807, 2.05) is 24.3 Å². The van der Waals surface area contributed by atoms with Crippen molar-refractivity contribution in [3.8, 4) is 0 Å². The van der Waals surface area contributed by atoms with E-state index in [0.717, 1.165) is 37.3 Å². The number of benzene rings is 1. The lowest BCUT2D eigenvalue weighted by molar-refractivity contribution is -0.121. The number of rotatable bonds is 6. The van der Waals surface area contributed by atoms with Crippen LogP contribution in [0.1, 0.15) is 25.3 Å². The van der Waals surface area contributed by atoms with Crippen LogP contribution in [-0.4, -0.2) is 37.0 Å². The number of nitrogen functional groups attached to an aromatic ring is 1. The highest BCUT2D eigenvalue weighted by Crippen LogP contribution is 2.14. The molecule has 1 aromatic carbocycles. The molecule has 1 saturated heterocycles. The SMILES string of the molecule is CCN1CCC(CNC(=O)CCc2cccc(N)c2)C1. The predicted molar refractivity (Wildman–Crippen MR) is 82.4 cm³/mol. The monoisotopic (exact) mass is 275 g/mol. The minimum atomic E-state index is 0.141. The molecule has 1 aliphatic rings. The molecule has 0 bridgehead atoms. The van der Waals surface area contributed by atoms with Gasteiger partial charge in [-0.3, -0.25) is 4.79 Å². The molecule has 2 rings (SSSR count). The Morgan fingerprint density at radius 3 is 3.05 bits per heavy atom. The van der Waals surface area contributed by atoms with Crippen LogP contribution >= 0.6 is 0 Å². The summed E-state index contributed by atoms with van der Waals surface area (Å²) in [5.74, 6) is 0.758. The molecule has 4 heteroatoms. The summed E-state index contributed by atoms with van der Waals surface area (Å²) in [5.41, 5.74) is 7.61. The second-order valence-corrected chi connectivity index (χ2v) is 5.60. The first kappa shape index (κ1) is 14.9. The third-order valence-corrected chi connectivity index (χ3v) is 4.00. The first-order valence-electron chi connectivity index (χ1n) is 7.51. The average molecular weight is 275 g/mol. The summed E-state index contributed by atoms with van der Waals surface area (Å²) < 4.78 is 0. The molecule has 0 aliphatic carbocycles. The zero-order valence-corrected chi connectivity index (χ0v) is 12.3. The van der Waals surface area contributed by atoms with Crippen LogP contribution in [0.2, 0.25) is 0 Å². The van der Waals surface area contributed by atoms with Gasteiger partial charge in [-0.25, -0.2) is 0 Å². The van der Waals surface area contributed by atoms with Crippen molar-refractivity contribution >= 4 is 11.6 Å². The lowest BCUT2D eigenvalue weighted by Gasteiger charge is -2.13. The summed E-state index contributed by atoms with van der Waals surface area (Å²) in [6.45, 7) is 6.39. The Morgan fingerprint density at radius 1 is 1.50 bits per heavy atom. The maximum absolute atomic E-state index is 11.9. The van der Waals surface area contributed by atoms with E-state index >= 15 is 0 Å². The van der Waals surface area contributed by atoms with Gasteiger partial charge in [-0.1, -0.05) is 19.1 Å². The first-order chi connectivity index (χ1) is 9.67. The van der Waals surface area contributed by atoms with E-state index in [9.17, 15) is 4.79 Å². The van der Waals surface area contributed by atoms with Crippen molar-refractivity contribution in [2.75, 3.05) is 31.9 Å². The molecule has 0 radical (unpaired) electrons. The lowest BCUT2D eigenvalue weighted by Crippen LogP contribution is -2.31. The van der Waals surface area contributed by atoms with E-state index in [1.54, 1.807) is 0 Å². The molecule has 0 aromatic heterocycles. The summed E-state index contributed by atoms with van der Waals surface area (Å²) in [7, 11) is 0. The van der Waals surface area contributed by atoms with Crippen LogP contribution in [0.3, 0.4) is 0 Å². The van der Waals surface area contributed by atoms with Gasteiger partial charge in [0.25, 0.3) is 0 Å². The number of carbonyl (C=O) groups excluding carboxylic acids is 1. The van der Waals surface area contributed by atoms with Crippen molar-refractivity contribution in [1.29, 1.82) is 0 Å². The second-order valence-electron chi connectivity index (χ2n) is 5.60. The third-order valence-electron chi connectivity index (χ3n) is 4.00. The van der Waals surface area contributed by atoms with Gasteiger partial charge in [0.15, 0.2) is 0 Å². The molecule has 0 spiro atoms. The van der Waals surface area contributed by atoms with Crippen molar-refractivity contribution < 1.29 is 4.79 Å². The zero-order valence-electron chi connectivity index (χ0n) is 12.3. The maximum atomic E-state index is 11.9. The average Bonchev–Trinajstić information content (AvgIpc) is 2.91. The molecule has 1 heterocycles. The number of hydrogen-bond acceptors (Lipinski definition) is 3. The quantitative estimate of drug-likeness (QED) is 0.776. The van der Waals surface area contributed by atoms with Crippen LogP contribution < -0.4 is 11.1 Å². The van der Waals surface area contributed by atoms with E-state index < -0.39 is 0 Å². The molecule has 110 valence electrons. The molecule has 3 N–H and O–H groups in total. The number of likely N-dealkylation sites (tertiary alicyclic amines) is 1. The fourth-order valence-corrected chi connectivity index (χ4v) is 2.72. The van der Waals surface area contributed by atoms with Gasteiger partial charge < -0.3 is 16.0 Å². The highest BCUT2D eigenvalue weighted by molar-refractivity contribution is 5.76. The van der Waals surface area contributed by atoms with Gasteiger partial charge in [-0.15, -0.1) is 0 Å². The smallest absolute Gasteiger partial charge is 0.220 e. The van der Waals surface area contributed by atoms with Crippen LogP contribution in [0.5, 0.6) is 0 Å². The van der Waals surface area contributed by atoms with Crippen molar-refractivity contribution in [2.24, 2.45) is 5.92 Å². The molecule has 1 unspecified atom stereocenters. The first-order valence-corrected chi connectivity index (χ1v) is 7.51. The molecule has 4 nitrogen and oxygen atoms in total. The van der Waals surface area contributed by atoms with Crippen molar-refractivity contribution in [3.05, 3.63) is 29.8 Å². The Bertz CT molecular complexity index is 447. The van der Waals surface area contributed by atoms with Gasteiger partial charge in [0.2, 0.25) is 5.91 Å². The van der Waals surface area contributed by atoms with Crippen LogP contribution in [0, 0.1) is 5.92 Å². The highest BCUT2D eigenvalue weighted by Gasteiger charge is 2.21. The number of nitrogens with two attached hydrogens (primary N) is 1. The number of amides is 1. The van der Waals surface area contributed by atoms with Crippen LogP contribution in [0.4, 0.5) is 5.69 Å². The molecule has 1 fully saturated rings. The van der Waals surface area contributed by atoms with E-state index in [0.29, 0.717) is 12.3 Å². The summed E-state index contributed by atoms with van der Waals surface area (Å²) >= 11 is 0. The number of nitrogens with zero attached hydrogens (tertiary/aromatic N) is 1. The largest absolute Gasteiger partial charge is 0.399 e. The molecular weight excluding hydrogens is 250 g/mol. The molecular formula is C16H25N3O. The Hall–Kier alpha value is -1.55. The van der Waals surface area contributed by atoms with E-state index in [4.69, 9.17) is 5.73 Å². The Labute approximate surface area is 121 Å². The predicted octanol–water partition coefficient (Wildman–Crippen LogP) is 1.66. The van der Waals surface area contributed by atoms with Crippen LogP contribution in [-0.2, 0) is 11.2 Å². The van der Waals surface area contributed by atoms with Gasteiger partial charge >= 0.3 is 0 Å². The molecule has 1 amide bonds. The highest BCUT2D eigenvalue weighted by atomic mass is 16.1. The third kappa shape index (κ3) is 4.53. The Kier molecular flexibility index (Phi) is 5.41. The Balaban J connectivity index is 1.66. The summed E-state index contributed by atoms with van der Waals surface area (Å²) in [5, 5.41) is 3.06. The van der Waals surface area contributed by atoms with Gasteiger partial charge in [0, 0.05) is 25.2 Å². The van der Waals surface area contributed by atoms with E-state index in [1.165, 1.54) is 13.0 Å². The molecule has 1 aromatic rings. The van der Waals surface area contributed by atoms with Gasteiger partial charge in [-0.2, -0.15) is 0 Å². The zero-order chi connectivity index (χ0) is 14.4. The van der Waals surface area contributed by atoms with Crippen LogP contribution in [0.15, 0.2) is 24.3 Å². The molecule has 1 atom stereocenters. The topological polar surface area (TPSA) is 58.4 Å². The number of anilines is 1. The minimum Gasteiger partial charge on any atom is -0.399 e. The van der Waals surface area contributed by atoms with Gasteiger partial charge in [0.1, 0.15) is 0 Å². The van der Waals surface area contributed by atoms with E-state index in [-0.39, 0.29) is 5.91 Å². The fraction of sp³-hybridized carbons (Fsp3) is 0.562. The van der Waals surface area contributed by atoms with Crippen molar-refractivity contribution in [3.63, 3.8) is 0 Å². The summed E-state index contributed by atoms with van der Waals surface area (Å²) in [4.78, 5) is 14.3. The normalized spacial score (nSPS) is 19.1. The number of carbonyl (C=O) groups is 1. The lowest BCUT2D eigenvalue weighted by atomic mass is 10.1. The number of hydrogen-bond donors (Lipinski definition) is 2. The van der Waals surface area contributed by atoms with Gasteiger partial charge in [0.05, 0.1) is 0 Å². The second kappa shape index (κ2) is 7.29. The molecule has 0 saturated carbocycles. The minimum absolute atomic E-state index is 0.141. The molecule has 1 aliphatic heterocycles. The fourth-order valence-electron chi connectivity index (χ4n) is 2.72. The Morgan fingerprint density at radius 2 is 2.35 bits per heavy atom. The van der Waals surface area contributed by atoms with Crippen molar-refractivity contribution in [2.45, 2.75) is 26.2 Å². The number of nitrogens with one attached hydrogen (secondary N) is 1. The standard InChI is InChI=1S/C16H25N3O/c1-2-19-9-8-14(12-19)11-18-16(20)7-6-13-4-3-5-15(17)10-13/h3-5,10,14H,2,6-9,11-12,17H2,1H3,(H,18,20). The van der Waals surface area contributed by atoms with Gasteiger partial charge in [-0.05, 0) is 49.5 Å². The maximum Gasteiger partial charge on any atom is 0.220 e. The summed E-state index contributed by atoms with van der Waals surface area (Å²) in [6, 6.07) is 7.74.